The van der Waals surface area contributed by atoms with Crippen molar-refractivity contribution in [1.29, 1.82) is 0 Å². The molecule has 0 saturated heterocycles. The van der Waals surface area contributed by atoms with Gasteiger partial charge in [0.05, 0.1) is 0 Å². The average Bonchev–Trinajstić information content (AvgIpc) is 2.33. The van der Waals surface area contributed by atoms with E-state index in [1.165, 1.54) is 24.3 Å². The summed E-state index contributed by atoms with van der Waals surface area (Å²) >= 11 is 0. The van der Waals surface area contributed by atoms with Gasteiger partial charge in [0.15, 0.2) is 5.69 Å². The van der Waals surface area contributed by atoms with Crippen LogP contribution in [0, 0.1) is 5.21 Å². The first-order valence-electron chi connectivity index (χ1n) is 5.09. The van der Waals surface area contributed by atoms with E-state index in [1.807, 2.05) is 0 Å². The Morgan fingerprint density at radius 2 is 1.68 bits per heavy atom. The molecule has 1 aromatic carbocycles. The fourth-order valence-electron chi connectivity index (χ4n) is 1.34. The first kappa shape index (κ1) is 14.6. The number of hydrogen-bond acceptors (Lipinski definition) is 4. The summed E-state index contributed by atoms with van der Waals surface area (Å²) in [5.74, 6) is -2.34. The van der Waals surface area contributed by atoms with E-state index in [0.29, 0.717) is 5.56 Å². The molecular formula is C12H11NO6. The standard InChI is InChI=1S/C12H11NO6/c14-11(15)5-2-8-1-3-9(4-6-12(16)17)10(7-8)13(18)19/h1-7,13,18H,(H,14,15)(H,16,17). The zero-order valence-corrected chi connectivity index (χ0v) is 9.61. The molecule has 19 heavy (non-hydrogen) atoms. The number of carboxylic acid groups (broad SMARTS) is 2. The lowest BCUT2D eigenvalue weighted by Crippen LogP contribution is -2.99. The zero-order chi connectivity index (χ0) is 14.4. The lowest BCUT2D eigenvalue weighted by Gasteiger charge is -2.14. The Kier molecular flexibility index (Phi) is 4.95. The maximum absolute atomic E-state index is 11.0. The molecule has 1 aromatic rings. The van der Waals surface area contributed by atoms with Crippen molar-refractivity contribution in [2.45, 2.75) is 0 Å². The van der Waals surface area contributed by atoms with Crippen LogP contribution in [-0.2, 0) is 9.59 Å². The van der Waals surface area contributed by atoms with Gasteiger partial charge in [0.25, 0.3) is 0 Å². The second-order valence-corrected chi connectivity index (χ2v) is 3.49. The van der Waals surface area contributed by atoms with Gasteiger partial charge in [-0.25, -0.2) is 14.8 Å². The lowest BCUT2D eigenvalue weighted by atomic mass is 10.1. The van der Waals surface area contributed by atoms with Gasteiger partial charge >= 0.3 is 11.9 Å². The Bertz CT molecular complexity index is 547. The highest BCUT2D eigenvalue weighted by Gasteiger charge is 2.07. The minimum absolute atomic E-state index is 0.106. The molecule has 0 heterocycles. The van der Waals surface area contributed by atoms with Crippen LogP contribution < -0.4 is 5.23 Å². The molecule has 0 amide bonds. The van der Waals surface area contributed by atoms with Gasteiger partial charge in [-0.2, -0.15) is 5.23 Å². The van der Waals surface area contributed by atoms with Crippen molar-refractivity contribution in [2.24, 2.45) is 0 Å². The summed E-state index contributed by atoms with van der Waals surface area (Å²) in [7, 11) is 0. The van der Waals surface area contributed by atoms with Gasteiger partial charge in [-0.3, -0.25) is 0 Å². The number of hydrogen-bond donors (Lipinski definition) is 4. The van der Waals surface area contributed by atoms with E-state index in [2.05, 4.69) is 0 Å². The maximum Gasteiger partial charge on any atom is 0.328 e. The van der Waals surface area contributed by atoms with Gasteiger partial charge in [0.1, 0.15) is 0 Å². The second-order valence-electron chi connectivity index (χ2n) is 3.49. The smallest absolute Gasteiger partial charge is 0.328 e. The van der Waals surface area contributed by atoms with Crippen molar-refractivity contribution in [3.63, 3.8) is 0 Å². The minimum atomic E-state index is -1.23. The summed E-state index contributed by atoms with van der Waals surface area (Å²) in [6, 6.07) is 4.17. The van der Waals surface area contributed by atoms with Crippen molar-refractivity contribution in [3.8, 4) is 0 Å². The Morgan fingerprint density at radius 3 is 2.21 bits per heavy atom. The summed E-state index contributed by atoms with van der Waals surface area (Å²) in [4.78, 5) is 20.7. The molecule has 0 spiro atoms. The minimum Gasteiger partial charge on any atom is -0.595 e. The fraction of sp³-hybridized carbons (Fsp3) is 0. The van der Waals surface area contributed by atoms with Gasteiger partial charge in [-0.15, -0.1) is 0 Å². The van der Waals surface area contributed by atoms with E-state index in [4.69, 9.17) is 15.4 Å². The maximum atomic E-state index is 11.0. The van der Waals surface area contributed by atoms with E-state index >= 15 is 0 Å². The number of aliphatic carboxylic acids is 2. The molecule has 0 aliphatic rings. The van der Waals surface area contributed by atoms with Crippen LogP contribution in [0.3, 0.4) is 0 Å². The number of carbonyl (C=O) groups is 2. The van der Waals surface area contributed by atoms with E-state index in [1.54, 1.807) is 0 Å². The molecule has 0 aliphatic heterocycles. The van der Waals surface area contributed by atoms with Gasteiger partial charge in [-0.1, -0.05) is 6.07 Å². The molecule has 0 fully saturated rings. The van der Waals surface area contributed by atoms with Crippen LogP contribution >= 0.6 is 0 Å². The van der Waals surface area contributed by atoms with Crippen molar-refractivity contribution >= 4 is 29.8 Å². The topological polar surface area (TPSA) is 122 Å². The molecule has 0 saturated carbocycles. The Hall–Kier alpha value is -2.48. The van der Waals surface area contributed by atoms with E-state index in [9.17, 15) is 14.8 Å². The molecule has 0 bridgehead atoms. The molecule has 0 aromatic heterocycles. The van der Waals surface area contributed by atoms with Crippen LogP contribution in [-0.4, -0.2) is 27.4 Å². The molecule has 1 rings (SSSR count). The van der Waals surface area contributed by atoms with Crippen molar-refractivity contribution < 1.29 is 30.2 Å². The zero-order valence-electron chi connectivity index (χ0n) is 9.61. The van der Waals surface area contributed by atoms with Crippen molar-refractivity contribution in [3.05, 3.63) is 46.7 Å². The number of rotatable bonds is 5. The van der Waals surface area contributed by atoms with Crippen LogP contribution in [0.1, 0.15) is 11.1 Å². The first-order valence-corrected chi connectivity index (χ1v) is 5.09. The Morgan fingerprint density at radius 1 is 1.11 bits per heavy atom. The number of nitrogens with one attached hydrogen (secondary N) is 1. The summed E-state index contributed by atoms with van der Waals surface area (Å²) < 4.78 is 0. The van der Waals surface area contributed by atoms with Crippen LogP contribution in [0.25, 0.3) is 12.2 Å². The molecule has 7 nitrogen and oxygen atoms in total. The normalized spacial score (nSPS) is 12.9. The summed E-state index contributed by atoms with van der Waals surface area (Å²) in [6.45, 7) is 0. The van der Waals surface area contributed by atoms with Crippen LogP contribution in [0.15, 0.2) is 30.4 Å². The Labute approximate surface area is 107 Å². The third kappa shape index (κ3) is 4.72. The van der Waals surface area contributed by atoms with Gasteiger partial charge in [-0.05, 0) is 23.8 Å². The molecule has 100 valence electrons. The molecule has 0 aliphatic carbocycles. The largest absolute Gasteiger partial charge is 0.595 e. The molecular weight excluding hydrogens is 254 g/mol. The SMILES string of the molecule is O=C(O)C=Cc1ccc(C=CC(=O)O)c([NH+]([O-])O)c1. The summed E-state index contributed by atoms with van der Waals surface area (Å²) in [6.07, 6.45) is 4.12. The molecule has 0 radical (unpaired) electrons. The lowest BCUT2D eigenvalue weighted by molar-refractivity contribution is -0.991. The molecule has 1 unspecified atom stereocenters. The van der Waals surface area contributed by atoms with Crippen LogP contribution in [0.2, 0.25) is 0 Å². The second kappa shape index (κ2) is 6.45. The van der Waals surface area contributed by atoms with Crippen LogP contribution in [0.5, 0.6) is 0 Å². The average molecular weight is 265 g/mol. The van der Waals surface area contributed by atoms with E-state index < -0.39 is 17.2 Å². The summed E-state index contributed by atoms with van der Waals surface area (Å²) in [5.41, 5.74) is 0.514. The third-order valence-electron chi connectivity index (χ3n) is 2.13. The molecule has 1 atom stereocenters. The third-order valence-corrected chi connectivity index (χ3v) is 2.13. The quantitative estimate of drug-likeness (QED) is 0.448. The molecule has 4 N–H and O–H groups in total. The predicted molar refractivity (Wildman–Crippen MR) is 65.6 cm³/mol. The summed E-state index contributed by atoms with van der Waals surface area (Å²) in [5, 5.41) is 35.8. The highest BCUT2D eigenvalue weighted by atomic mass is 16.8. The Balaban J connectivity index is 3.14. The predicted octanol–water partition coefficient (Wildman–Crippen LogP) is 0.286. The van der Waals surface area contributed by atoms with E-state index in [0.717, 1.165) is 18.2 Å². The van der Waals surface area contributed by atoms with Crippen molar-refractivity contribution in [2.75, 3.05) is 0 Å². The first-order chi connectivity index (χ1) is 8.90. The van der Waals surface area contributed by atoms with Crippen molar-refractivity contribution in [1.82, 2.24) is 0 Å². The monoisotopic (exact) mass is 265 g/mol. The van der Waals surface area contributed by atoms with Gasteiger partial charge in [0.2, 0.25) is 0 Å². The number of carboxylic acids is 2. The van der Waals surface area contributed by atoms with E-state index in [-0.39, 0.29) is 11.3 Å². The molecule has 7 heteroatoms. The van der Waals surface area contributed by atoms with Gasteiger partial charge < -0.3 is 15.4 Å². The highest BCUT2D eigenvalue weighted by molar-refractivity contribution is 5.87. The highest BCUT2D eigenvalue weighted by Crippen LogP contribution is 2.16. The number of benzene rings is 1. The fourth-order valence-corrected chi connectivity index (χ4v) is 1.34. The number of quaternary nitrogens is 1. The van der Waals surface area contributed by atoms with Gasteiger partial charge in [0, 0.05) is 23.8 Å². The van der Waals surface area contributed by atoms with Crippen LogP contribution in [0.4, 0.5) is 5.69 Å².